The van der Waals surface area contributed by atoms with E-state index >= 15 is 0 Å². The molecule has 0 amide bonds. The van der Waals surface area contributed by atoms with Crippen LogP contribution in [0.15, 0.2) is 16.6 Å². The standard InChI is InChI=1S/C6H7BrN2O.C2H6/c7-4-1-5(3-10)9-6(8)2-4;1-2/h1-2,10H,3H2,(H2,8,9);1-2H3. The predicted octanol–water partition coefficient (Wildman–Crippen LogP) is 1.94. The largest absolute Gasteiger partial charge is 0.390 e. The molecule has 68 valence electrons. The molecular formula is C8H13BrN2O. The van der Waals surface area contributed by atoms with Crippen LogP contribution >= 0.6 is 15.9 Å². The van der Waals surface area contributed by atoms with Gasteiger partial charge in [0.05, 0.1) is 12.3 Å². The first kappa shape index (κ1) is 11.4. The molecule has 0 aliphatic carbocycles. The number of halogens is 1. The number of pyridine rings is 1. The van der Waals surface area contributed by atoms with Gasteiger partial charge in [0.25, 0.3) is 0 Å². The van der Waals surface area contributed by atoms with Crippen LogP contribution in [-0.2, 0) is 6.61 Å². The molecule has 12 heavy (non-hydrogen) atoms. The summed E-state index contributed by atoms with van der Waals surface area (Å²) in [5.74, 6) is 0.415. The van der Waals surface area contributed by atoms with Gasteiger partial charge in [-0.05, 0) is 12.1 Å². The van der Waals surface area contributed by atoms with Crippen LogP contribution in [-0.4, -0.2) is 10.1 Å². The van der Waals surface area contributed by atoms with Crippen LogP contribution in [0.2, 0.25) is 0 Å². The van der Waals surface area contributed by atoms with E-state index in [-0.39, 0.29) is 6.61 Å². The van der Waals surface area contributed by atoms with Gasteiger partial charge in [-0.25, -0.2) is 4.98 Å². The third-order valence-electron chi connectivity index (χ3n) is 1.02. The molecule has 1 aromatic rings. The van der Waals surface area contributed by atoms with E-state index in [1.807, 2.05) is 13.8 Å². The highest BCUT2D eigenvalue weighted by atomic mass is 79.9. The van der Waals surface area contributed by atoms with Crippen LogP contribution in [0.5, 0.6) is 0 Å². The van der Waals surface area contributed by atoms with Gasteiger partial charge in [0, 0.05) is 4.47 Å². The predicted molar refractivity (Wildman–Crippen MR) is 53.6 cm³/mol. The van der Waals surface area contributed by atoms with Gasteiger partial charge >= 0.3 is 0 Å². The molecule has 1 rings (SSSR count). The minimum atomic E-state index is -0.0797. The van der Waals surface area contributed by atoms with Gasteiger partial charge in [0.1, 0.15) is 5.82 Å². The van der Waals surface area contributed by atoms with Gasteiger partial charge in [-0.15, -0.1) is 0 Å². The molecule has 0 aromatic carbocycles. The van der Waals surface area contributed by atoms with Crippen molar-refractivity contribution in [3.8, 4) is 0 Å². The lowest BCUT2D eigenvalue weighted by atomic mass is 10.3. The van der Waals surface area contributed by atoms with Crippen molar-refractivity contribution in [1.82, 2.24) is 4.98 Å². The topological polar surface area (TPSA) is 59.1 Å². The number of hydrogen-bond acceptors (Lipinski definition) is 3. The molecule has 3 nitrogen and oxygen atoms in total. The number of aliphatic hydroxyl groups excluding tert-OH is 1. The Morgan fingerprint density at radius 2 is 2.08 bits per heavy atom. The Kier molecular flexibility index (Phi) is 5.66. The van der Waals surface area contributed by atoms with Crippen LogP contribution < -0.4 is 5.73 Å². The second-order valence-corrected chi connectivity index (χ2v) is 2.78. The lowest BCUT2D eigenvalue weighted by Crippen LogP contribution is -1.94. The number of nitrogens with two attached hydrogens (primary N) is 1. The number of nitrogen functional groups attached to an aromatic ring is 1. The Balaban J connectivity index is 0.000000561. The van der Waals surface area contributed by atoms with E-state index in [1.54, 1.807) is 12.1 Å². The second kappa shape index (κ2) is 5.97. The molecular weight excluding hydrogens is 220 g/mol. The summed E-state index contributed by atoms with van der Waals surface area (Å²) in [6.45, 7) is 3.92. The molecule has 1 aromatic heterocycles. The summed E-state index contributed by atoms with van der Waals surface area (Å²) in [7, 11) is 0. The molecule has 0 unspecified atom stereocenters. The maximum absolute atomic E-state index is 8.65. The van der Waals surface area contributed by atoms with E-state index in [0.29, 0.717) is 11.5 Å². The van der Waals surface area contributed by atoms with Crippen LogP contribution in [0.1, 0.15) is 19.5 Å². The van der Waals surface area contributed by atoms with E-state index in [0.717, 1.165) is 4.47 Å². The molecule has 0 saturated carbocycles. The Labute approximate surface area is 80.8 Å². The number of hydrogen-bond donors (Lipinski definition) is 2. The van der Waals surface area contributed by atoms with Crippen LogP contribution in [0, 0.1) is 0 Å². The fourth-order valence-electron chi connectivity index (χ4n) is 0.653. The summed E-state index contributed by atoms with van der Waals surface area (Å²) in [6, 6.07) is 3.40. The number of anilines is 1. The van der Waals surface area contributed by atoms with Crippen LogP contribution in [0.4, 0.5) is 5.82 Å². The molecule has 0 bridgehead atoms. The van der Waals surface area contributed by atoms with Crippen molar-refractivity contribution in [2.75, 3.05) is 5.73 Å². The monoisotopic (exact) mass is 232 g/mol. The summed E-state index contributed by atoms with van der Waals surface area (Å²) in [4.78, 5) is 3.85. The first-order valence-corrected chi connectivity index (χ1v) is 4.54. The van der Waals surface area contributed by atoms with Crippen LogP contribution in [0.3, 0.4) is 0 Å². The van der Waals surface area contributed by atoms with E-state index < -0.39 is 0 Å². The number of aliphatic hydroxyl groups is 1. The number of aromatic nitrogens is 1. The van der Waals surface area contributed by atoms with E-state index in [9.17, 15) is 0 Å². The molecule has 0 aliphatic heterocycles. The Hall–Kier alpha value is -0.610. The maximum Gasteiger partial charge on any atom is 0.124 e. The zero-order valence-electron chi connectivity index (χ0n) is 7.21. The first-order chi connectivity index (χ1) is 5.72. The quantitative estimate of drug-likeness (QED) is 0.779. The summed E-state index contributed by atoms with van der Waals surface area (Å²) in [5, 5.41) is 8.65. The minimum Gasteiger partial charge on any atom is -0.390 e. The summed E-state index contributed by atoms with van der Waals surface area (Å²) in [5.41, 5.74) is 5.96. The van der Waals surface area contributed by atoms with Crippen molar-refractivity contribution in [3.63, 3.8) is 0 Å². The third-order valence-corrected chi connectivity index (χ3v) is 1.48. The summed E-state index contributed by atoms with van der Waals surface area (Å²) in [6.07, 6.45) is 0. The normalized spacial score (nSPS) is 8.67. The van der Waals surface area contributed by atoms with Crippen molar-refractivity contribution >= 4 is 21.7 Å². The summed E-state index contributed by atoms with van der Waals surface area (Å²) < 4.78 is 0.837. The Morgan fingerprint density at radius 3 is 2.50 bits per heavy atom. The van der Waals surface area contributed by atoms with Crippen LogP contribution in [0.25, 0.3) is 0 Å². The zero-order valence-corrected chi connectivity index (χ0v) is 8.80. The minimum absolute atomic E-state index is 0.0797. The fourth-order valence-corrected chi connectivity index (χ4v) is 1.15. The van der Waals surface area contributed by atoms with Crippen molar-refractivity contribution < 1.29 is 5.11 Å². The maximum atomic E-state index is 8.65. The Bertz CT molecular complexity index is 220. The second-order valence-electron chi connectivity index (χ2n) is 1.86. The van der Waals surface area contributed by atoms with Gasteiger partial charge in [-0.3, -0.25) is 0 Å². The summed E-state index contributed by atoms with van der Waals surface area (Å²) >= 11 is 3.22. The molecule has 1 heterocycles. The van der Waals surface area contributed by atoms with E-state index in [2.05, 4.69) is 20.9 Å². The smallest absolute Gasteiger partial charge is 0.124 e. The molecule has 0 fully saturated rings. The van der Waals surface area contributed by atoms with Crippen molar-refractivity contribution in [1.29, 1.82) is 0 Å². The fraction of sp³-hybridized carbons (Fsp3) is 0.375. The highest BCUT2D eigenvalue weighted by Gasteiger charge is 1.95. The molecule has 0 spiro atoms. The van der Waals surface area contributed by atoms with Gasteiger partial charge in [0.2, 0.25) is 0 Å². The van der Waals surface area contributed by atoms with Gasteiger partial charge in [-0.2, -0.15) is 0 Å². The van der Waals surface area contributed by atoms with Crippen molar-refractivity contribution in [2.45, 2.75) is 20.5 Å². The molecule has 0 saturated heterocycles. The average molecular weight is 233 g/mol. The van der Waals surface area contributed by atoms with Gasteiger partial charge in [-0.1, -0.05) is 29.8 Å². The average Bonchev–Trinajstić information content (AvgIpc) is 2.06. The van der Waals surface area contributed by atoms with Crippen molar-refractivity contribution in [3.05, 3.63) is 22.3 Å². The van der Waals surface area contributed by atoms with E-state index in [1.165, 1.54) is 0 Å². The molecule has 0 aliphatic rings. The lowest BCUT2D eigenvalue weighted by Gasteiger charge is -1.97. The molecule has 4 heteroatoms. The van der Waals surface area contributed by atoms with Crippen molar-refractivity contribution in [2.24, 2.45) is 0 Å². The zero-order chi connectivity index (χ0) is 9.56. The number of rotatable bonds is 1. The SMILES string of the molecule is CC.Nc1cc(Br)cc(CO)n1. The van der Waals surface area contributed by atoms with Gasteiger partial charge in [0.15, 0.2) is 0 Å². The lowest BCUT2D eigenvalue weighted by molar-refractivity contribution is 0.277. The molecule has 0 atom stereocenters. The van der Waals surface area contributed by atoms with E-state index in [4.69, 9.17) is 10.8 Å². The highest BCUT2D eigenvalue weighted by Crippen LogP contribution is 2.13. The molecule has 3 N–H and O–H groups in total. The number of nitrogens with zero attached hydrogens (tertiary/aromatic N) is 1. The molecule has 0 radical (unpaired) electrons. The Morgan fingerprint density at radius 1 is 1.50 bits per heavy atom. The third kappa shape index (κ3) is 3.69. The first-order valence-electron chi connectivity index (χ1n) is 3.75. The van der Waals surface area contributed by atoms with Gasteiger partial charge < -0.3 is 10.8 Å². The highest BCUT2D eigenvalue weighted by molar-refractivity contribution is 9.10.